The lowest BCUT2D eigenvalue weighted by Crippen LogP contribution is -2.42. The van der Waals surface area contributed by atoms with E-state index in [4.69, 9.17) is 0 Å². The van der Waals surface area contributed by atoms with Crippen LogP contribution in [0, 0.1) is 35.5 Å². The van der Waals surface area contributed by atoms with Crippen molar-refractivity contribution in [2.45, 2.75) is 89.9 Å². The van der Waals surface area contributed by atoms with E-state index in [0.29, 0.717) is 0 Å². The molecule has 4 rings (SSSR count). The average molecular weight is 274 g/mol. The Kier molecular flexibility index (Phi) is 4.10. The summed E-state index contributed by atoms with van der Waals surface area (Å²) in [5, 5.41) is 0. The fourth-order valence-electron chi connectivity index (χ4n) is 7.00. The summed E-state index contributed by atoms with van der Waals surface area (Å²) in [6.07, 6.45) is 22.1. The fourth-order valence-corrected chi connectivity index (χ4v) is 7.00. The van der Waals surface area contributed by atoms with E-state index in [1.54, 1.807) is 89.9 Å². The van der Waals surface area contributed by atoms with Gasteiger partial charge in [0.1, 0.15) is 0 Å². The molecular weight excluding hydrogens is 240 g/mol. The summed E-state index contributed by atoms with van der Waals surface area (Å²) < 4.78 is 0. The van der Waals surface area contributed by atoms with Crippen LogP contribution in [-0.2, 0) is 0 Å². The smallest absolute Gasteiger partial charge is 0.0352 e. The van der Waals surface area contributed by atoms with Gasteiger partial charge in [0.15, 0.2) is 0 Å². The van der Waals surface area contributed by atoms with Crippen LogP contribution in [0.25, 0.3) is 0 Å². The summed E-state index contributed by atoms with van der Waals surface area (Å²) in [6, 6.07) is 0. The predicted octanol–water partition coefficient (Wildman–Crippen LogP) is 6.20. The van der Waals surface area contributed by atoms with Crippen LogP contribution >= 0.6 is 0 Å². The number of hydrogen-bond donors (Lipinski definition) is 0. The molecule has 6 unspecified atom stereocenters. The van der Waals surface area contributed by atoms with E-state index in [1.807, 2.05) is 0 Å². The van der Waals surface area contributed by atoms with E-state index in [-0.39, 0.29) is 0 Å². The first-order valence-electron chi connectivity index (χ1n) is 9.93. The maximum absolute atomic E-state index is 1.61. The van der Waals surface area contributed by atoms with E-state index in [2.05, 4.69) is 0 Å². The third-order valence-electron chi connectivity index (χ3n) is 7.82. The Morgan fingerprint density at radius 3 is 1.10 bits per heavy atom. The number of fused-ring (bicyclic) bond motifs is 5. The van der Waals surface area contributed by atoms with E-state index in [0.717, 1.165) is 35.5 Å². The minimum atomic E-state index is 1.14. The minimum Gasteiger partial charge on any atom is -0.0530 e. The molecule has 6 atom stereocenters. The van der Waals surface area contributed by atoms with E-state index < -0.39 is 0 Å². The van der Waals surface area contributed by atoms with Gasteiger partial charge in [0, 0.05) is 0 Å². The van der Waals surface area contributed by atoms with Crippen LogP contribution in [0.4, 0.5) is 0 Å². The van der Waals surface area contributed by atoms with Crippen molar-refractivity contribution in [1.29, 1.82) is 0 Å². The first-order chi connectivity index (χ1) is 9.93. The van der Waals surface area contributed by atoms with Crippen molar-refractivity contribution in [2.24, 2.45) is 35.5 Å². The van der Waals surface area contributed by atoms with Gasteiger partial charge in [0.25, 0.3) is 0 Å². The maximum atomic E-state index is 1.61. The molecule has 4 saturated carbocycles. The van der Waals surface area contributed by atoms with Gasteiger partial charge in [-0.05, 0) is 74.0 Å². The maximum Gasteiger partial charge on any atom is -0.0352 e. The highest BCUT2D eigenvalue weighted by atomic mass is 14.5. The standard InChI is InChI=1S/C20H34/c1-3-9-17-15(7-1)13-14-16-8-2-4-10-18(16)20-12-6-5-11-19(17)20/h15-20H,1-14H2. The van der Waals surface area contributed by atoms with Crippen molar-refractivity contribution in [3.8, 4) is 0 Å². The Bertz CT molecular complexity index is 288. The molecule has 0 N–H and O–H groups in total. The molecule has 0 heterocycles. The van der Waals surface area contributed by atoms with Crippen molar-refractivity contribution in [3.05, 3.63) is 0 Å². The Balaban J connectivity index is 1.61. The normalized spacial score (nSPS) is 49.2. The van der Waals surface area contributed by atoms with Gasteiger partial charge in [0.2, 0.25) is 0 Å². The van der Waals surface area contributed by atoms with Gasteiger partial charge >= 0.3 is 0 Å². The summed E-state index contributed by atoms with van der Waals surface area (Å²) in [4.78, 5) is 0. The average Bonchev–Trinajstić information content (AvgIpc) is 2.52. The van der Waals surface area contributed by atoms with E-state index in [1.165, 1.54) is 0 Å². The van der Waals surface area contributed by atoms with Crippen molar-refractivity contribution in [1.82, 2.24) is 0 Å². The molecule has 4 fully saturated rings. The lowest BCUT2D eigenvalue weighted by molar-refractivity contribution is -0.0103. The summed E-state index contributed by atoms with van der Waals surface area (Å²) >= 11 is 0. The second-order valence-corrected chi connectivity index (χ2v) is 8.61. The molecule has 0 aromatic rings. The molecule has 0 heteroatoms. The molecule has 20 heavy (non-hydrogen) atoms. The van der Waals surface area contributed by atoms with Crippen LogP contribution in [0.15, 0.2) is 0 Å². The van der Waals surface area contributed by atoms with Gasteiger partial charge in [-0.3, -0.25) is 0 Å². The number of rotatable bonds is 0. The molecule has 0 radical (unpaired) electrons. The third-order valence-corrected chi connectivity index (χ3v) is 7.82. The molecule has 114 valence electrons. The van der Waals surface area contributed by atoms with Crippen LogP contribution in [0.5, 0.6) is 0 Å². The highest BCUT2D eigenvalue weighted by Gasteiger charge is 2.44. The molecule has 4 aliphatic carbocycles. The molecule has 0 nitrogen and oxygen atoms in total. The van der Waals surface area contributed by atoms with Crippen molar-refractivity contribution in [2.75, 3.05) is 0 Å². The topological polar surface area (TPSA) is 0 Å². The Labute approximate surface area is 126 Å². The summed E-state index contributed by atoms with van der Waals surface area (Å²) in [5.41, 5.74) is 0. The number of hydrogen-bond acceptors (Lipinski definition) is 0. The van der Waals surface area contributed by atoms with Gasteiger partial charge in [-0.2, -0.15) is 0 Å². The first-order valence-corrected chi connectivity index (χ1v) is 9.93. The summed E-state index contributed by atoms with van der Waals surface area (Å²) in [7, 11) is 0. The molecule has 0 amide bonds. The zero-order valence-electron chi connectivity index (χ0n) is 13.4. The first kappa shape index (κ1) is 13.6. The van der Waals surface area contributed by atoms with Gasteiger partial charge < -0.3 is 0 Å². The molecular formula is C20H34. The Morgan fingerprint density at radius 1 is 0.300 bits per heavy atom. The van der Waals surface area contributed by atoms with Gasteiger partial charge in [0.05, 0.1) is 0 Å². The minimum absolute atomic E-state index is 1.14. The van der Waals surface area contributed by atoms with Crippen LogP contribution in [-0.4, -0.2) is 0 Å². The van der Waals surface area contributed by atoms with Crippen molar-refractivity contribution >= 4 is 0 Å². The highest BCUT2D eigenvalue weighted by Crippen LogP contribution is 2.54. The van der Waals surface area contributed by atoms with E-state index in [9.17, 15) is 0 Å². The predicted molar refractivity (Wildman–Crippen MR) is 85.6 cm³/mol. The van der Waals surface area contributed by atoms with Gasteiger partial charge in [-0.25, -0.2) is 0 Å². The largest absolute Gasteiger partial charge is 0.0530 e. The zero-order valence-corrected chi connectivity index (χ0v) is 13.4. The molecule has 0 bridgehead atoms. The SMILES string of the molecule is C1CCC2C(C1)CCC1CCCCC1C1CCCCC21. The third kappa shape index (κ3) is 2.46. The molecule has 0 saturated heterocycles. The Morgan fingerprint density at radius 2 is 0.650 bits per heavy atom. The Hall–Kier alpha value is 0. The lowest BCUT2D eigenvalue weighted by Gasteiger charge is -2.51. The molecule has 0 aromatic heterocycles. The molecule has 4 aliphatic rings. The van der Waals surface area contributed by atoms with Crippen LogP contribution < -0.4 is 0 Å². The highest BCUT2D eigenvalue weighted by molar-refractivity contribution is 4.94. The summed E-state index contributed by atoms with van der Waals surface area (Å²) in [6.45, 7) is 0. The monoisotopic (exact) mass is 274 g/mol. The van der Waals surface area contributed by atoms with Crippen LogP contribution in [0.1, 0.15) is 89.9 Å². The molecule has 0 spiro atoms. The zero-order chi connectivity index (χ0) is 13.4. The molecule has 0 aromatic carbocycles. The van der Waals surface area contributed by atoms with E-state index >= 15 is 0 Å². The van der Waals surface area contributed by atoms with Crippen molar-refractivity contribution in [3.63, 3.8) is 0 Å². The summed E-state index contributed by atoms with van der Waals surface area (Å²) in [5.74, 6) is 6.88. The quantitative estimate of drug-likeness (QED) is 0.493. The lowest BCUT2D eigenvalue weighted by atomic mass is 9.54. The second kappa shape index (κ2) is 6.01. The molecule has 0 aliphatic heterocycles. The van der Waals surface area contributed by atoms with Crippen molar-refractivity contribution < 1.29 is 0 Å². The van der Waals surface area contributed by atoms with Gasteiger partial charge in [-0.15, -0.1) is 0 Å². The fraction of sp³-hybridized carbons (Fsp3) is 1.00. The second-order valence-electron chi connectivity index (χ2n) is 8.61. The van der Waals surface area contributed by atoms with Crippen LogP contribution in [0.2, 0.25) is 0 Å². The van der Waals surface area contributed by atoms with Crippen LogP contribution in [0.3, 0.4) is 0 Å². The van der Waals surface area contributed by atoms with Gasteiger partial charge in [-0.1, -0.05) is 51.4 Å².